The van der Waals surface area contributed by atoms with Gasteiger partial charge in [0.15, 0.2) is 5.96 Å². The molecule has 2 aliphatic heterocycles. The Morgan fingerprint density at radius 2 is 1.97 bits per heavy atom. The number of ether oxygens (including phenoxy) is 2. The van der Waals surface area contributed by atoms with Crippen molar-refractivity contribution in [1.29, 1.82) is 0 Å². The molecule has 0 bridgehead atoms. The van der Waals surface area contributed by atoms with Gasteiger partial charge in [0.2, 0.25) is 0 Å². The van der Waals surface area contributed by atoms with E-state index in [1.165, 1.54) is 22.8 Å². The number of nitrogens with one attached hydrogen (secondary N) is 1. The van der Waals surface area contributed by atoms with E-state index in [2.05, 4.69) is 59.6 Å². The van der Waals surface area contributed by atoms with Crippen molar-refractivity contribution >= 4 is 16.7 Å². The van der Waals surface area contributed by atoms with E-state index < -0.39 is 0 Å². The summed E-state index contributed by atoms with van der Waals surface area (Å²) in [5.74, 6) is 1.01. The topological polar surface area (TPSA) is 46.1 Å². The van der Waals surface area contributed by atoms with Crippen LogP contribution < -0.4 is 5.32 Å². The van der Waals surface area contributed by atoms with Gasteiger partial charge in [0.05, 0.1) is 25.4 Å². The summed E-state index contributed by atoms with van der Waals surface area (Å²) >= 11 is 0. The van der Waals surface area contributed by atoms with E-state index in [0.717, 1.165) is 58.1 Å². The minimum atomic E-state index is 0.313. The Bertz CT molecular complexity index is 803. The van der Waals surface area contributed by atoms with E-state index in [9.17, 15) is 0 Å². The highest BCUT2D eigenvalue weighted by atomic mass is 16.5. The van der Waals surface area contributed by atoms with E-state index in [4.69, 9.17) is 14.5 Å². The summed E-state index contributed by atoms with van der Waals surface area (Å²) in [4.78, 5) is 7.34. The maximum Gasteiger partial charge on any atom is 0.194 e. The van der Waals surface area contributed by atoms with Crippen LogP contribution in [0.1, 0.15) is 38.2 Å². The largest absolute Gasteiger partial charge is 0.376 e. The van der Waals surface area contributed by atoms with Gasteiger partial charge in [-0.15, -0.1) is 0 Å². The van der Waals surface area contributed by atoms with Gasteiger partial charge in [0.1, 0.15) is 0 Å². The highest BCUT2D eigenvalue weighted by Crippen LogP contribution is 2.20. The van der Waals surface area contributed by atoms with Crippen molar-refractivity contribution in [2.75, 3.05) is 32.8 Å². The molecule has 0 aromatic heterocycles. The Morgan fingerprint density at radius 1 is 1.14 bits per heavy atom. The van der Waals surface area contributed by atoms with E-state index in [1.807, 2.05) is 0 Å². The first-order chi connectivity index (χ1) is 14.3. The second-order valence-electron chi connectivity index (χ2n) is 7.96. The van der Waals surface area contributed by atoms with Gasteiger partial charge in [-0.1, -0.05) is 42.5 Å². The smallest absolute Gasteiger partial charge is 0.194 e. The molecule has 1 atom stereocenters. The molecule has 2 aromatic rings. The molecule has 2 aromatic carbocycles. The Labute approximate surface area is 174 Å². The lowest BCUT2D eigenvalue weighted by atomic mass is 10.0. The highest BCUT2D eigenvalue weighted by molar-refractivity contribution is 5.86. The predicted molar refractivity (Wildman–Crippen MR) is 118 cm³/mol. The number of rotatable bonds is 6. The molecule has 29 heavy (non-hydrogen) atoms. The lowest BCUT2D eigenvalue weighted by Crippen LogP contribution is -2.47. The zero-order chi connectivity index (χ0) is 19.9. The molecule has 1 N–H and O–H groups in total. The zero-order valence-electron chi connectivity index (χ0n) is 17.5. The fraction of sp³-hybridized carbons (Fsp3) is 0.542. The van der Waals surface area contributed by atoms with Gasteiger partial charge in [0, 0.05) is 26.2 Å². The SMILES string of the molecule is CCNC(=NCc1cccc2ccccc12)N1CCC(OCC2CCCO2)CC1. The summed E-state index contributed by atoms with van der Waals surface area (Å²) < 4.78 is 11.8. The third-order valence-electron chi connectivity index (χ3n) is 5.90. The van der Waals surface area contributed by atoms with Crippen molar-refractivity contribution in [3.8, 4) is 0 Å². The number of likely N-dealkylation sites (tertiary alicyclic amines) is 1. The first-order valence-corrected chi connectivity index (χ1v) is 11.1. The van der Waals surface area contributed by atoms with Crippen LogP contribution in [0.5, 0.6) is 0 Å². The number of benzene rings is 2. The highest BCUT2D eigenvalue weighted by Gasteiger charge is 2.24. The van der Waals surface area contributed by atoms with Gasteiger partial charge in [-0.05, 0) is 48.9 Å². The summed E-state index contributed by atoms with van der Waals surface area (Å²) in [5.41, 5.74) is 1.27. The summed E-state index contributed by atoms with van der Waals surface area (Å²) in [5, 5.41) is 6.04. The van der Waals surface area contributed by atoms with Crippen LogP contribution in [-0.4, -0.2) is 55.9 Å². The average molecular weight is 396 g/mol. The van der Waals surface area contributed by atoms with Crippen LogP contribution in [0.4, 0.5) is 0 Å². The van der Waals surface area contributed by atoms with Crippen LogP contribution in [0.2, 0.25) is 0 Å². The number of aliphatic imine (C=N–C) groups is 1. The van der Waals surface area contributed by atoms with Gasteiger partial charge in [-0.25, -0.2) is 4.99 Å². The number of nitrogens with zero attached hydrogens (tertiary/aromatic N) is 2. The molecular formula is C24H33N3O2. The molecule has 2 heterocycles. The maximum atomic E-state index is 6.12. The molecule has 1 unspecified atom stereocenters. The minimum Gasteiger partial charge on any atom is -0.376 e. The average Bonchev–Trinajstić information content (AvgIpc) is 3.29. The third-order valence-corrected chi connectivity index (χ3v) is 5.90. The summed E-state index contributed by atoms with van der Waals surface area (Å²) in [6, 6.07) is 15.0. The van der Waals surface area contributed by atoms with Gasteiger partial charge in [-0.3, -0.25) is 0 Å². The molecule has 4 rings (SSSR count). The van der Waals surface area contributed by atoms with E-state index >= 15 is 0 Å². The molecule has 0 aliphatic carbocycles. The Hall–Kier alpha value is -2.11. The molecule has 5 nitrogen and oxygen atoms in total. The monoisotopic (exact) mass is 395 g/mol. The van der Waals surface area contributed by atoms with Crippen molar-refractivity contribution in [2.45, 2.75) is 51.4 Å². The number of hydrogen-bond acceptors (Lipinski definition) is 3. The molecule has 2 saturated heterocycles. The van der Waals surface area contributed by atoms with Gasteiger partial charge >= 0.3 is 0 Å². The Balaban J connectivity index is 1.35. The number of fused-ring (bicyclic) bond motifs is 1. The molecule has 156 valence electrons. The second kappa shape index (κ2) is 10.1. The number of guanidine groups is 1. The Morgan fingerprint density at radius 3 is 2.76 bits per heavy atom. The van der Waals surface area contributed by atoms with E-state index in [1.54, 1.807) is 0 Å². The number of hydrogen-bond donors (Lipinski definition) is 1. The summed E-state index contributed by atoms with van der Waals surface area (Å²) in [7, 11) is 0. The molecule has 5 heteroatoms. The molecule has 0 saturated carbocycles. The molecule has 0 amide bonds. The van der Waals surface area contributed by atoms with Crippen LogP contribution in [0, 0.1) is 0 Å². The molecule has 0 spiro atoms. The van der Waals surface area contributed by atoms with Crippen LogP contribution in [0.25, 0.3) is 10.8 Å². The van der Waals surface area contributed by atoms with Crippen molar-refractivity contribution in [2.24, 2.45) is 4.99 Å². The van der Waals surface area contributed by atoms with Crippen LogP contribution in [0.15, 0.2) is 47.5 Å². The van der Waals surface area contributed by atoms with E-state index in [0.29, 0.717) is 18.8 Å². The Kier molecular flexibility index (Phi) is 7.01. The quantitative estimate of drug-likeness (QED) is 0.594. The maximum absolute atomic E-state index is 6.12. The van der Waals surface area contributed by atoms with Crippen LogP contribution in [-0.2, 0) is 16.0 Å². The minimum absolute atomic E-state index is 0.313. The first-order valence-electron chi connectivity index (χ1n) is 11.1. The van der Waals surface area contributed by atoms with E-state index in [-0.39, 0.29) is 0 Å². The van der Waals surface area contributed by atoms with Gasteiger partial charge < -0.3 is 19.7 Å². The van der Waals surface area contributed by atoms with Gasteiger partial charge in [0.25, 0.3) is 0 Å². The fourth-order valence-corrected chi connectivity index (χ4v) is 4.27. The van der Waals surface area contributed by atoms with Gasteiger partial charge in [-0.2, -0.15) is 0 Å². The molecule has 0 radical (unpaired) electrons. The lowest BCUT2D eigenvalue weighted by Gasteiger charge is -2.34. The summed E-state index contributed by atoms with van der Waals surface area (Å²) in [6.07, 6.45) is 5.07. The molecular weight excluding hydrogens is 362 g/mol. The normalized spacial score (nSPS) is 21.1. The first kappa shape index (κ1) is 20.2. The van der Waals surface area contributed by atoms with Crippen molar-refractivity contribution in [3.63, 3.8) is 0 Å². The van der Waals surface area contributed by atoms with Crippen LogP contribution in [0.3, 0.4) is 0 Å². The zero-order valence-corrected chi connectivity index (χ0v) is 17.5. The summed E-state index contributed by atoms with van der Waals surface area (Å²) in [6.45, 7) is 7.31. The molecule has 2 fully saturated rings. The number of piperidine rings is 1. The third kappa shape index (κ3) is 5.28. The van der Waals surface area contributed by atoms with Crippen molar-refractivity contribution in [3.05, 3.63) is 48.0 Å². The predicted octanol–water partition coefficient (Wildman–Crippen LogP) is 3.97. The second-order valence-corrected chi connectivity index (χ2v) is 7.96. The lowest BCUT2D eigenvalue weighted by molar-refractivity contribution is -0.0367. The van der Waals surface area contributed by atoms with Crippen LogP contribution >= 0.6 is 0 Å². The fourth-order valence-electron chi connectivity index (χ4n) is 4.27. The van der Waals surface area contributed by atoms with Crippen molar-refractivity contribution < 1.29 is 9.47 Å². The molecule has 2 aliphatic rings. The van der Waals surface area contributed by atoms with Crippen molar-refractivity contribution in [1.82, 2.24) is 10.2 Å². The standard InChI is InChI=1S/C24H33N3O2/c1-2-25-24(26-17-20-9-5-8-19-7-3-4-11-23(19)20)27-14-12-21(13-15-27)29-18-22-10-6-16-28-22/h3-5,7-9,11,21-22H,2,6,10,12-18H2,1H3,(H,25,26).